The SMILES string of the molecule is C=C1C(=O)OC(C)C1C.CC. The summed E-state index contributed by atoms with van der Waals surface area (Å²) < 4.78 is 4.85. The molecule has 1 aliphatic heterocycles. The maximum Gasteiger partial charge on any atom is 0.334 e. The second-order valence-electron chi connectivity index (χ2n) is 2.42. The molecule has 0 saturated carbocycles. The Bertz CT molecular complexity index is 161. The first-order chi connectivity index (χ1) is 5.13. The highest BCUT2D eigenvalue weighted by atomic mass is 16.5. The van der Waals surface area contributed by atoms with E-state index in [1.807, 2.05) is 27.7 Å². The fourth-order valence-electron chi connectivity index (χ4n) is 0.816. The van der Waals surface area contributed by atoms with Gasteiger partial charge in [-0.15, -0.1) is 0 Å². The maximum atomic E-state index is 10.7. The first-order valence-electron chi connectivity index (χ1n) is 4.02. The topological polar surface area (TPSA) is 26.3 Å². The van der Waals surface area contributed by atoms with Crippen molar-refractivity contribution in [2.45, 2.75) is 33.8 Å². The van der Waals surface area contributed by atoms with Crippen molar-refractivity contribution < 1.29 is 9.53 Å². The fraction of sp³-hybridized carbons (Fsp3) is 0.667. The van der Waals surface area contributed by atoms with E-state index >= 15 is 0 Å². The number of ether oxygens (including phenoxy) is 1. The van der Waals surface area contributed by atoms with Crippen LogP contribution in [0.2, 0.25) is 0 Å². The number of hydrogen-bond acceptors (Lipinski definition) is 2. The maximum absolute atomic E-state index is 10.7. The van der Waals surface area contributed by atoms with Crippen LogP contribution >= 0.6 is 0 Å². The van der Waals surface area contributed by atoms with Crippen molar-refractivity contribution in [1.29, 1.82) is 0 Å². The third-order valence-electron chi connectivity index (χ3n) is 1.81. The van der Waals surface area contributed by atoms with Gasteiger partial charge in [-0.1, -0.05) is 27.4 Å². The van der Waals surface area contributed by atoms with Gasteiger partial charge in [-0.3, -0.25) is 0 Å². The van der Waals surface area contributed by atoms with Crippen LogP contribution in [0, 0.1) is 5.92 Å². The molecule has 1 saturated heterocycles. The van der Waals surface area contributed by atoms with E-state index in [4.69, 9.17) is 4.74 Å². The molecular weight excluding hydrogens is 140 g/mol. The lowest BCUT2D eigenvalue weighted by molar-refractivity contribution is -0.138. The van der Waals surface area contributed by atoms with Crippen LogP contribution in [0.3, 0.4) is 0 Å². The van der Waals surface area contributed by atoms with E-state index in [1.165, 1.54) is 0 Å². The van der Waals surface area contributed by atoms with E-state index in [0.29, 0.717) is 5.57 Å². The summed E-state index contributed by atoms with van der Waals surface area (Å²) in [5, 5.41) is 0. The third-order valence-corrected chi connectivity index (χ3v) is 1.81. The minimum atomic E-state index is -0.241. The van der Waals surface area contributed by atoms with E-state index in [-0.39, 0.29) is 18.0 Å². The zero-order valence-corrected chi connectivity index (χ0v) is 7.68. The second kappa shape index (κ2) is 4.16. The Labute approximate surface area is 68.2 Å². The zero-order valence-electron chi connectivity index (χ0n) is 7.68. The summed E-state index contributed by atoms with van der Waals surface area (Å²) in [5.41, 5.74) is 0.600. The van der Waals surface area contributed by atoms with Crippen molar-refractivity contribution in [1.82, 2.24) is 0 Å². The van der Waals surface area contributed by atoms with Gasteiger partial charge in [-0.25, -0.2) is 4.79 Å². The third kappa shape index (κ3) is 2.07. The molecule has 0 aliphatic carbocycles. The Balaban J connectivity index is 0.000000461. The Morgan fingerprint density at radius 1 is 1.36 bits per heavy atom. The molecule has 1 fully saturated rings. The van der Waals surface area contributed by atoms with Crippen LogP contribution in [0.15, 0.2) is 12.2 Å². The van der Waals surface area contributed by atoms with E-state index < -0.39 is 0 Å². The molecule has 0 aromatic carbocycles. The molecule has 2 unspecified atom stereocenters. The van der Waals surface area contributed by atoms with Crippen molar-refractivity contribution in [3.63, 3.8) is 0 Å². The largest absolute Gasteiger partial charge is 0.459 e. The lowest BCUT2D eigenvalue weighted by Gasteiger charge is -2.03. The van der Waals surface area contributed by atoms with Gasteiger partial charge in [0.1, 0.15) is 6.10 Å². The van der Waals surface area contributed by atoms with Gasteiger partial charge in [0.05, 0.1) is 0 Å². The average Bonchev–Trinajstić information content (AvgIpc) is 2.22. The van der Waals surface area contributed by atoms with Gasteiger partial charge in [0.2, 0.25) is 0 Å². The van der Waals surface area contributed by atoms with Gasteiger partial charge in [0.25, 0.3) is 0 Å². The van der Waals surface area contributed by atoms with Crippen molar-refractivity contribution in [3.8, 4) is 0 Å². The van der Waals surface area contributed by atoms with Crippen molar-refractivity contribution in [2.75, 3.05) is 0 Å². The first kappa shape index (κ1) is 10.2. The molecule has 1 aliphatic rings. The van der Waals surface area contributed by atoms with Crippen LogP contribution in [0.5, 0.6) is 0 Å². The zero-order chi connectivity index (χ0) is 9.02. The average molecular weight is 156 g/mol. The smallest absolute Gasteiger partial charge is 0.334 e. The fourth-order valence-corrected chi connectivity index (χ4v) is 0.816. The number of carbonyl (C=O) groups excluding carboxylic acids is 1. The first-order valence-corrected chi connectivity index (χ1v) is 4.02. The lowest BCUT2D eigenvalue weighted by Crippen LogP contribution is -2.06. The van der Waals surface area contributed by atoms with Crippen LogP contribution in [0.25, 0.3) is 0 Å². The number of esters is 1. The summed E-state index contributed by atoms with van der Waals surface area (Å²) in [4.78, 5) is 10.7. The van der Waals surface area contributed by atoms with Crippen molar-refractivity contribution in [3.05, 3.63) is 12.2 Å². The summed E-state index contributed by atoms with van der Waals surface area (Å²) in [6.07, 6.45) is 0.0185. The monoisotopic (exact) mass is 156 g/mol. The highest BCUT2D eigenvalue weighted by Crippen LogP contribution is 2.24. The van der Waals surface area contributed by atoms with Gasteiger partial charge >= 0.3 is 5.97 Å². The highest BCUT2D eigenvalue weighted by molar-refractivity contribution is 5.90. The quantitative estimate of drug-likeness (QED) is 0.397. The van der Waals surface area contributed by atoms with Gasteiger partial charge in [0.15, 0.2) is 0 Å². The Kier molecular flexibility index (Phi) is 3.86. The highest BCUT2D eigenvalue weighted by Gasteiger charge is 2.31. The molecule has 1 heterocycles. The van der Waals surface area contributed by atoms with Gasteiger partial charge in [-0.05, 0) is 6.92 Å². The molecule has 1 rings (SSSR count). The summed E-state index contributed by atoms with van der Waals surface area (Å²) in [5.74, 6) is -0.0486. The van der Waals surface area contributed by atoms with E-state index in [0.717, 1.165) is 0 Å². The molecule has 2 atom stereocenters. The Hall–Kier alpha value is -0.790. The molecule has 64 valence electrons. The Morgan fingerprint density at radius 3 is 1.91 bits per heavy atom. The molecule has 2 heteroatoms. The normalized spacial score (nSPS) is 29.1. The Morgan fingerprint density at radius 2 is 1.82 bits per heavy atom. The standard InChI is InChI=1S/C7H10O2.C2H6/c1-4-5(2)7(8)9-6(4)3;1-2/h4,6H,2H2,1,3H3;1-2H3. The van der Waals surface area contributed by atoms with Gasteiger partial charge in [0, 0.05) is 11.5 Å². The van der Waals surface area contributed by atoms with Crippen LogP contribution in [-0.2, 0) is 9.53 Å². The molecule has 2 nitrogen and oxygen atoms in total. The van der Waals surface area contributed by atoms with E-state index in [2.05, 4.69) is 6.58 Å². The molecule has 0 radical (unpaired) electrons. The number of carbonyl (C=O) groups is 1. The van der Waals surface area contributed by atoms with Crippen LogP contribution in [0.1, 0.15) is 27.7 Å². The van der Waals surface area contributed by atoms with Crippen LogP contribution < -0.4 is 0 Å². The number of rotatable bonds is 0. The molecule has 0 bridgehead atoms. The predicted molar refractivity (Wildman–Crippen MR) is 45.2 cm³/mol. The van der Waals surface area contributed by atoms with Crippen LogP contribution in [-0.4, -0.2) is 12.1 Å². The number of cyclic esters (lactones) is 1. The number of hydrogen-bond donors (Lipinski definition) is 0. The summed E-state index contributed by atoms with van der Waals surface area (Å²) in [6.45, 7) is 11.4. The van der Waals surface area contributed by atoms with Crippen LogP contribution in [0.4, 0.5) is 0 Å². The molecule has 0 N–H and O–H groups in total. The summed E-state index contributed by atoms with van der Waals surface area (Å²) in [6, 6.07) is 0. The predicted octanol–water partition coefficient (Wildman–Crippen LogP) is 2.15. The molecule has 0 spiro atoms. The van der Waals surface area contributed by atoms with Gasteiger partial charge in [-0.2, -0.15) is 0 Å². The van der Waals surface area contributed by atoms with Gasteiger partial charge < -0.3 is 4.74 Å². The summed E-state index contributed by atoms with van der Waals surface area (Å²) in [7, 11) is 0. The van der Waals surface area contributed by atoms with Crippen molar-refractivity contribution >= 4 is 5.97 Å². The summed E-state index contributed by atoms with van der Waals surface area (Å²) >= 11 is 0. The molecule has 0 aromatic heterocycles. The van der Waals surface area contributed by atoms with Crippen molar-refractivity contribution in [2.24, 2.45) is 5.92 Å². The minimum absolute atomic E-state index is 0.0185. The molecule has 0 amide bonds. The lowest BCUT2D eigenvalue weighted by atomic mass is 10.0. The second-order valence-corrected chi connectivity index (χ2v) is 2.42. The van der Waals surface area contributed by atoms with E-state index in [1.54, 1.807) is 0 Å². The van der Waals surface area contributed by atoms with E-state index in [9.17, 15) is 4.79 Å². The molecular formula is C9H16O2. The molecule has 11 heavy (non-hydrogen) atoms. The molecule has 0 aromatic rings. The minimum Gasteiger partial charge on any atom is -0.459 e.